The van der Waals surface area contributed by atoms with Gasteiger partial charge in [0, 0.05) is 56.4 Å². The minimum Gasteiger partial charge on any atom is -0.618 e. The van der Waals surface area contributed by atoms with Crippen LogP contribution in [0.3, 0.4) is 0 Å². The van der Waals surface area contributed by atoms with Crippen LogP contribution >= 0.6 is 0 Å². The van der Waals surface area contributed by atoms with E-state index in [0.29, 0.717) is 34.5 Å². The van der Waals surface area contributed by atoms with Crippen molar-refractivity contribution in [3.8, 4) is 0 Å². The van der Waals surface area contributed by atoms with Gasteiger partial charge in [0.15, 0.2) is 12.5 Å². The molecule has 2 aliphatic rings. The predicted octanol–water partition coefficient (Wildman–Crippen LogP) is -0.485. The topological polar surface area (TPSA) is 335 Å². The molecule has 7 amide bonds. The summed E-state index contributed by atoms with van der Waals surface area (Å²) in [6.07, 6.45) is -2.25. The van der Waals surface area contributed by atoms with E-state index in [9.17, 15) is 59.5 Å². The van der Waals surface area contributed by atoms with Crippen molar-refractivity contribution in [3.05, 3.63) is 89.4 Å². The molecular formula is C52H78N10O13. The van der Waals surface area contributed by atoms with Gasteiger partial charge in [0.2, 0.25) is 35.2 Å². The van der Waals surface area contributed by atoms with E-state index in [1.54, 1.807) is 48.5 Å². The summed E-state index contributed by atoms with van der Waals surface area (Å²) in [7, 11) is 1.43. The van der Waals surface area contributed by atoms with E-state index in [1.165, 1.54) is 35.6 Å². The smallest absolute Gasteiger partial charge is 0.318 e. The summed E-state index contributed by atoms with van der Waals surface area (Å²) in [4.78, 5) is 94.8. The highest BCUT2D eigenvalue weighted by Gasteiger charge is 2.46. The number of carbonyl (C=O) groups is 6. The zero-order valence-corrected chi connectivity index (χ0v) is 43.9. The van der Waals surface area contributed by atoms with Crippen LogP contribution in [0.25, 0.3) is 0 Å². The number of likely N-dealkylation sites (N-methyl/N-ethyl adjacent to an activating group) is 1. The van der Waals surface area contributed by atoms with Gasteiger partial charge >= 0.3 is 6.03 Å². The number of aromatic nitrogens is 3. The van der Waals surface area contributed by atoms with Crippen molar-refractivity contribution in [2.24, 2.45) is 23.7 Å². The Morgan fingerprint density at radius 1 is 0.920 bits per heavy atom. The maximum Gasteiger partial charge on any atom is 0.318 e. The quantitative estimate of drug-likeness (QED) is 0.0377. The van der Waals surface area contributed by atoms with E-state index in [1.807, 2.05) is 41.5 Å². The Hall–Kier alpha value is -6.24. The van der Waals surface area contributed by atoms with Gasteiger partial charge in [0.25, 0.3) is 0 Å². The molecule has 4 heterocycles. The third kappa shape index (κ3) is 16.1. The zero-order chi connectivity index (χ0) is 55.1. The third-order valence-electron chi connectivity index (χ3n) is 14.3. The van der Waals surface area contributed by atoms with Crippen LogP contribution in [0.5, 0.6) is 0 Å². The highest BCUT2D eigenvalue weighted by molar-refractivity contribution is 5.95. The van der Waals surface area contributed by atoms with Crippen LogP contribution in [-0.4, -0.2) is 168 Å². The van der Waals surface area contributed by atoms with Crippen LogP contribution in [-0.2, 0) is 48.1 Å². The summed E-state index contributed by atoms with van der Waals surface area (Å²) in [5.74, 6) is -4.42. The Labute approximate surface area is 437 Å². The first kappa shape index (κ1) is 59.6. The number of hydrogen-bond donors (Lipinski definition) is 11. The molecule has 0 aliphatic carbocycles. The lowest BCUT2D eigenvalue weighted by Crippen LogP contribution is -2.66. The lowest BCUT2D eigenvalue weighted by Gasteiger charge is -2.41. The highest BCUT2D eigenvalue weighted by atomic mass is 16.6. The van der Waals surface area contributed by atoms with Gasteiger partial charge in [-0.05, 0) is 55.1 Å². The molecule has 0 unspecified atom stereocenters. The van der Waals surface area contributed by atoms with Gasteiger partial charge in [0.05, 0.1) is 25.1 Å². The molecule has 1 aromatic carbocycles. The van der Waals surface area contributed by atoms with E-state index < -0.39 is 115 Å². The van der Waals surface area contributed by atoms with Crippen LogP contribution in [0.1, 0.15) is 90.6 Å². The molecule has 11 N–H and O–H groups in total. The first-order valence-electron chi connectivity index (χ1n) is 25.8. The molecule has 23 nitrogen and oxygen atoms in total. The fraction of sp³-hybridized carbons (Fsp3) is 0.615. The van der Waals surface area contributed by atoms with E-state index in [0.717, 1.165) is 0 Å². The number of benzene rings is 1. The third-order valence-corrected chi connectivity index (χ3v) is 14.3. The Morgan fingerprint density at radius 3 is 2.25 bits per heavy atom. The first-order chi connectivity index (χ1) is 35.6. The molecule has 2 aromatic heterocycles. The van der Waals surface area contributed by atoms with Gasteiger partial charge in [-0.15, -0.1) is 0 Å². The molecule has 13 atom stereocenters. The van der Waals surface area contributed by atoms with Gasteiger partial charge in [-0.25, -0.2) is 9.78 Å². The van der Waals surface area contributed by atoms with E-state index >= 15 is 0 Å². The van der Waals surface area contributed by atoms with E-state index in [-0.39, 0.29) is 62.9 Å². The number of urea groups is 1. The van der Waals surface area contributed by atoms with Crippen LogP contribution in [0, 0.1) is 28.9 Å². The summed E-state index contributed by atoms with van der Waals surface area (Å²) < 4.78 is 5.83. The fourth-order valence-corrected chi connectivity index (χ4v) is 9.54. The lowest BCUT2D eigenvalue weighted by atomic mass is 9.85. The molecule has 23 heteroatoms. The van der Waals surface area contributed by atoms with Crippen LogP contribution in [0.4, 0.5) is 4.79 Å². The number of aliphatic hydroxyl groups excluding tert-OH is 5. The Morgan fingerprint density at radius 2 is 1.63 bits per heavy atom. The molecule has 75 heavy (non-hydrogen) atoms. The molecule has 0 bridgehead atoms. The molecule has 2 aliphatic heterocycles. The van der Waals surface area contributed by atoms with Crippen molar-refractivity contribution in [3.63, 3.8) is 0 Å². The SMILES string of the molecule is CC[C@H](C)[C@H](NC(=O)[C@@H](C[C@H](O)[C@H](CC(C)C)NC(=O)[C@H](Cc1cnc[nH]1)N(C)C(=O)[C@H](Cc1ccccc1)NC(=O)[C@@H]1CCCN1C(=O)N[C@@H]1[C@H](O)[C@H](O)[C@@H](CO)O[C@H]1O)C(C)C)C(=O)NCc1cccc[n+]1[O-]. The van der Waals surface area contributed by atoms with Crippen LogP contribution < -0.4 is 31.3 Å². The zero-order valence-electron chi connectivity index (χ0n) is 43.9. The standard InChI is InChI=1S/C52H78N10O13/c1-8-31(6)42(49(70)54-26-34-17-12-13-20-62(34)74)58-46(67)35(30(4)5)24-40(64)36(21-29(2)3)56-48(69)39(23-33-25-53-28-55-33)60(7)50(71)37(22-32-15-10-9-11-16-32)57-47(68)38-18-14-19-61(38)52(73)59-43-45(66)44(65)41(27-63)75-51(43)72/h9-13,15-17,20,25,28-31,35-45,51,63-66,72H,8,14,18-19,21-24,26-27H2,1-7H3,(H,53,55)(H,54,70)(H,56,69)(H,57,68)(H,58,67)(H,59,73)/t31-,35-,36-,37-,38-,39-,40-,41+,42-,43+,44+,45-,51+/m0/s1. The van der Waals surface area contributed by atoms with Crippen molar-refractivity contribution < 1.29 is 63.8 Å². The van der Waals surface area contributed by atoms with Crippen molar-refractivity contribution in [2.45, 2.75) is 160 Å². The molecule has 414 valence electrons. The largest absolute Gasteiger partial charge is 0.618 e. The number of carbonyl (C=O) groups excluding carboxylic acids is 6. The van der Waals surface area contributed by atoms with Crippen molar-refractivity contribution in [2.75, 3.05) is 20.2 Å². The summed E-state index contributed by atoms with van der Waals surface area (Å²) >= 11 is 0. The maximum absolute atomic E-state index is 14.9. The fourth-order valence-electron chi connectivity index (χ4n) is 9.54. The molecule has 0 radical (unpaired) electrons. The number of nitrogens with one attached hydrogen (secondary N) is 6. The second kappa shape index (κ2) is 28.1. The van der Waals surface area contributed by atoms with Gasteiger partial charge in [-0.2, -0.15) is 4.73 Å². The summed E-state index contributed by atoms with van der Waals surface area (Å²) in [5, 5.41) is 79.3. The summed E-state index contributed by atoms with van der Waals surface area (Å²) in [6, 6.07) is 5.83. The van der Waals surface area contributed by atoms with Gasteiger partial charge in [-0.1, -0.05) is 78.3 Å². The molecular weight excluding hydrogens is 973 g/mol. The first-order valence-corrected chi connectivity index (χ1v) is 25.8. The number of aliphatic hydroxyl groups is 5. The highest BCUT2D eigenvalue weighted by Crippen LogP contribution is 2.25. The number of likely N-dealkylation sites (tertiary alicyclic amines) is 1. The summed E-state index contributed by atoms with van der Waals surface area (Å²) in [5.41, 5.74) is 1.49. The number of aromatic amines is 1. The predicted molar refractivity (Wildman–Crippen MR) is 272 cm³/mol. The molecule has 5 rings (SSSR count). The Kier molecular flexibility index (Phi) is 22.3. The van der Waals surface area contributed by atoms with Crippen molar-refractivity contribution >= 4 is 35.6 Å². The van der Waals surface area contributed by atoms with E-state index in [4.69, 9.17) is 4.74 Å². The Balaban J connectivity index is 1.34. The maximum atomic E-state index is 14.9. The minimum atomic E-state index is -1.79. The number of amides is 7. The number of ether oxygens (including phenoxy) is 1. The Bertz CT molecular complexity index is 2330. The number of pyridine rings is 1. The average Bonchev–Trinajstić information content (AvgIpc) is 4.11. The second-order valence-corrected chi connectivity index (χ2v) is 20.6. The normalized spacial score (nSPS) is 22.5. The number of hydrogen-bond acceptors (Lipinski definition) is 14. The molecule has 2 fully saturated rings. The van der Waals surface area contributed by atoms with Crippen LogP contribution in [0.2, 0.25) is 0 Å². The lowest BCUT2D eigenvalue weighted by molar-refractivity contribution is -0.614. The average molecular weight is 1050 g/mol. The summed E-state index contributed by atoms with van der Waals surface area (Å²) in [6.45, 7) is 10.5. The number of imidazole rings is 1. The number of nitrogens with zero attached hydrogens (tertiary/aromatic N) is 4. The van der Waals surface area contributed by atoms with Gasteiger partial charge < -0.3 is 76.8 Å². The van der Waals surface area contributed by atoms with Gasteiger partial charge in [-0.3, -0.25) is 24.0 Å². The van der Waals surface area contributed by atoms with E-state index in [2.05, 4.69) is 36.6 Å². The molecule has 0 saturated carbocycles. The molecule has 0 spiro atoms. The minimum absolute atomic E-state index is 0.0190. The van der Waals surface area contributed by atoms with Crippen molar-refractivity contribution in [1.29, 1.82) is 0 Å². The van der Waals surface area contributed by atoms with Crippen LogP contribution in [0.15, 0.2) is 67.3 Å². The monoisotopic (exact) mass is 1050 g/mol. The second-order valence-electron chi connectivity index (χ2n) is 20.6. The van der Waals surface area contributed by atoms with Gasteiger partial charge in [0.1, 0.15) is 55.1 Å². The number of rotatable bonds is 25. The molecule has 2 saturated heterocycles. The van der Waals surface area contributed by atoms with Crippen molar-refractivity contribution in [1.82, 2.24) is 46.4 Å². The number of H-pyrrole nitrogens is 1. The molecule has 3 aromatic rings.